The van der Waals surface area contributed by atoms with Gasteiger partial charge in [0.05, 0.1) is 12.7 Å². The molecule has 0 bridgehead atoms. The van der Waals surface area contributed by atoms with Gasteiger partial charge in [0.25, 0.3) is 11.7 Å². The third kappa shape index (κ3) is 3.73. The minimum Gasteiger partial charge on any atom is -0.465 e. The van der Waals surface area contributed by atoms with Crippen LogP contribution in [0.2, 0.25) is 0 Å². The van der Waals surface area contributed by atoms with Crippen LogP contribution >= 0.6 is 0 Å². The second-order valence-corrected chi connectivity index (χ2v) is 5.86. The van der Waals surface area contributed by atoms with E-state index >= 15 is 0 Å². The summed E-state index contributed by atoms with van der Waals surface area (Å²) in [7, 11) is 1.27. The molecule has 0 aliphatic heterocycles. The number of hydrogen-bond donors (Lipinski definition) is 2. The maximum atomic E-state index is 12.6. The third-order valence-corrected chi connectivity index (χ3v) is 4.17. The summed E-state index contributed by atoms with van der Waals surface area (Å²) in [5.74, 6) is 3.08. The topological polar surface area (TPSA) is 111 Å². The number of hydrazone groups is 1. The first-order valence-corrected chi connectivity index (χ1v) is 8.35. The molecule has 3 N–H and O–H groups in total. The Bertz CT molecular complexity index is 1080. The largest absolute Gasteiger partial charge is 0.465 e. The number of Topliss-reactive ketones (excluding diaryl/α,β-unsaturated/α-hetero) is 1. The summed E-state index contributed by atoms with van der Waals surface area (Å²) in [6.07, 6.45) is 0. The van der Waals surface area contributed by atoms with E-state index in [1.165, 1.54) is 31.4 Å². The predicted octanol–water partition coefficient (Wildman–Crippen LogP) is 2.50. The number of rotatable bonds is 5. The van der Waals surface area contributed by atoms with Crippen LogP contribution in [0.4, 0.5) is 5.69 Å². The summed E-state index contributed by atoms with van der Waals surface area (Å²) in [6, 6.07) is 18.7. The SMILES string of the molecule is COC(=O)c1ccc(C(=NN)C(=O)C(=O)Nc2cccc3ccccc23)cc1. The zero-order valence-electron chi connectivity index (χ0n) is 15.0. The Labute approximate surface area is 160 Å². The molecule has 0 aromatic heterocycles. The Kier molecular flexibility index (Phi) is 5.45. The van der Waals surface area contributed by atoms with Crippen LogP contribution in [0.15, 0.2) is 71.8 Å². The van der Waals surface area contributed by atoms with Crippen LogP contribution in [0.3, 0.4) is 0 Å². The van der Waals surface area contributed by atoms with Gasteiger partial charge in [0, 0.05) is 16.6 Å². The number of ketones is 1. The molecule has 3 aromatic carbocycles. The van der Waals surface area contributed by atoms with E-state index in [1.54, 1.807) is 12.1 Å². The normalized spacial score (nSPS) is 11.1. The van der Waals surface area contributed by atoms with Gasteiger partial charge in [0.1, 0.15) is 5.71 Å². The number of methoxy groups -OCH3 is 1. The van der Waals surface area contributed by atoms with E-state index in [-0.39, 0.29) is 5.71 Å². The van der Waals surface area contributed by atoms with Gasteiger partial charge in [0.2, 0.25) is 0 Å². The molecule has 0 radical (unpaired) electrons. The van der Waals surface area contributed by atoms with Crippen molar-refractivity contribution in [3.63, 3.8) is 0 Å². The molecule has 7 heteroatoms. The van der Waals surface area contributed by atoms with Crippen molar-refractivity contribution in [3.8, 4) is 0 Å². The highest BCUT2D eigenvalue weighted by Gasteiger charge is 2.23. The summed E-state index contributed by atoms with van der Waals surface area (Å²) in [5, 5.41) is 7.81. The second-order valence-electron chi connectivity index (χ2n) is 5.86. The lowest BCUT2D eigenvalue weighted by Crippen LogP contribution is -2.31. The van der Waals surface area contributed by atoms with Crippen molar-refractivity contribution in [2.45, 2.75) is 0 Å². The molecule has 3 aromatic rings. The molecule has 140 valence electrons. The van der Waals surface area contributed by atoms with Crippen molar-refractivity contribution >= 4 is 39.8 Å². The predicted molar refractivity (Wildman–Crippen MR) is 106 cm³/mol. The van der Waals surface area contributed by atoms with Crippen molar-refractivity contribution in [1.82, 2.24) is 0 Å². The highest BCUT2D eigenvalue weighted by atomic mass is 16.5. The molecular weight excluding hydrogens is 358 g/mol. The second kappa shape index (κ2) is 8.13. The van der Waals surface area contributed by atoms with E-state index in [0.717, 1.165) is 10.8 Å². The summed E-state index contributed by atoms with van der Waals surface area (Å²) in [6.45, 7) is 0. The smallest absolute Gasteiger partial charge is 0.337 e. The Hall–Kier alpha value is -4.00. The number of ether oxygens (including phenoxy) is 1. The first kappa shape index (κ1) is 18.8. The van der Waals surface area contributed by atoms with Gasteiger partial charge in [-0.3, -0.25) is 9.59 Å². The number of carbonyl (C=O) groups is 3. The maximum Gasteiger partial charge on any atom is 0.337 e. The molecule has 0 saturated carbocycles. The van der Waals surface area contributed by atoms with Gasteiger partial charge in [0.15, 0.2) is 0 Å². The lowest BCUT2D eigenvalue weighted by molar-refractivity contribution is -0.130. The van der Waals surface area contributed by atoms with Gasteiger partial charge in [-0.25, -0.2) is 4.79 Å². The number of nitrogens with one attached hydrogen (secondary N) is 1. The summed E-state index contributed by atoms with van der Waals surface area (Å²) in [4.78, 5) is 36.6. The third-order valence-electron chi connectivity index (χ3n) is 4.17. The van der Waals surface area contributed by atoms with Gasteiger partial charge in [-0.1, -0.05) is 48.5 Å². The summed E-state index contributed by atoms with van der Waals surface area (Å²) >= 11 is 0. The average Bonchev–Trinajstić information content (AvgIpc) is 2.74. The molecule has 7 nitrogen and oxygen atoms in total. The molecule has 0 fully saturated rings. The molecule has 0 heterocycles. The summed E-state index contributed by atoms with van der Waals surface area (Å²) in [5.41, 5.74) is 0.909. The van der Waals surface area contributed by atoms with Crippen molar-refractivity contribution in [2.24, 2.45) is 10.9 Å². The van der Waals surface area contributed by atoms with E-state index in [0.29, 0.717) is 16.8 Å². The molecule has 0 saturated heterocycles. The van der Waals surface area contributed by atoms with Gasteiger partial charge in [-0.2, -0.15) is 5.10 Å². The number of amides is 1. The van der Waals surface area contributed by atoms with E-state index < -0.39 is 17.7 Å². The average molecular weight is 375 g/mol. The van der Waals surface area contributed by atoms with Crippen LogP contribution < -0.4 is 11.2 Å². The molecule has 0 aliphatic carbocycles. The molecule has 1 amide bonds. The van der Waals surface area contributed by atoms with Crippen LogP contribution in [0.5, 0.6) is 0 Å². The molecule has 0 unspecified atom stereocenters. The number of carbonyl (C=O) groups excluding carboxylic acids is 3. The molecule has 0 atom stereocenters. The minimum absolute atomic E-state index is 0.214. The zero-order valence-corrected chi connectivity index (χ0v) is 15.0. The standard InChI is InChI=1S/C21H17N3O4/c1-28-21(27)15-11-9-14(10-12-15)18(24-22)19(25)20(26)23-17-8-4-6-13-5-2-3-7-16(13)17/h2-12H,22H2,1H3,(H,23,26). The van der Waals surface area contributed by atoms with Crippen molar-refractivity contribution in [3.05, 3.63) is 77.9 Å². The van der Waals surface area contributed by atoms with Gasteiger partial charge in [-0.15, -0.1) is 0 Å². The molecular formula is C21H17N3O4. The lowest BCUT2D eigenvalue weighted by Gasteiger charge is -2.09. The van der Waals surface area contributed by atoms with E-state index in [4.69, 9.17) is 5.84 Å². The van der Waals surface area contributed by atoms with Crippen LogP contribution in [0.25, 0.3) is 10.8 Å². The number of benzene rings is 3. The zero-order chi connectivity index (χ0) is 20.1. The first-order valence-electron chi connectivity index (χ1n) is 8.35. The van der Waals surface area contributed by atoms with Gasteiger partial charge >= 0.3 is 5.97 Å². The number of hydrogen-bond acceptors (Lipinski definition) is 6. The van der Waals surface area contributed by atoms with Gasteiger partial charge in [-0.05, 0) is 23.6 Å². The fraction of sp³-hybridized carbons (Fsp3) is 0.0476. The van der Waals surface area contributed by atoms with Crippen molar-refractivity contribution in [1.29, 1.82) is 0 Å². The van der Waals surface area contributed by atoms with Crippen LogP contribution in [0.1, 0.15) is 15.9 Å². The summed E-state index contributed by atoms with van der Waals surface area (Å²) < 4.78 is 4.63. The minimum atomic E-state index is -0.888. The Morgan fingerprint density at radius 3 is 2.21 bits per heavy atom. The first-order chi connectivity index (χ1) is 13.5. The molecule has 28 heavy (non-hydrogen) atoms. The van der Waals surface area contributed by atoms with E-state index in [9.17, 15) is 14.4 Å². The molecule has 3 rings (SSSR count). The number of anilines is 1. The molecule has 0 aliphatic rings. The number of fused-ring (bicyclic) bond motifs is 1. The Balaban J connectivity index is 1.83. The Morgan fingerprint density at radius 1 is 0.893 bits per heavy atom. The van der Waals surface area contributed by atoms with E-state index in [1.807, 2.05) is 30.3 Å². The number of nitrogens with zero attached hydrogens (tertiary/aromatic N) is 1. The highest BCUT2D eigenvalue weighted by Crippen LogP contribution is 2.23. The number of nitrogens with two attached hydrogens (primary N) is 1. The fourth-order valence-corrected chi connectivity index (χ4v) is 2.77. The van der Waals surface area contributed by atoms with Crippen molar-refractivity contribution < 1.29 is 19.1 Å². The van der Waals surface area contributed by atoms with Gasteiger partial charge < -0.3 is 15.9 Å². The van der Waals surface area contributed by atoms with Crippen molar-refractivity contribution in [2.75, 3.05) is 12.4 Å². The quantitative estimate of drug-likeness (QED) is 0.234. The van der Waals surface area contributed by atoms with Crippen LogP contribution in [-0.2, 0) is 14.3 Å². The van der Waals surface area contributed by atoms with Crippen LogP contribution in [-0.4, -0.2) is 30.5 Å². The van der Waals surface area contributed by atoms with E-state index in [2.05, 4.69) is 15.2 Å². The fourth-order valence-electron chi connectivity index (χ4n) is 2.77. The number of esters is 1. The lowest BCUT2D eigenvalue weighted by atomic mass is 10.0. The highest BCUT2D eigenvalue weighted by molar-refractivity contribution is 6.69. The molecule has 0 spiro atoms. The Morgan fingerprint density at radius 2 is 1.54 bits per heavy atom. The van der Waals surface area contributed by atoms with Crippen LogP contribution in [0, 0.1) is 0 Å². The maximum absolute atomic E-state index is 12.6. The monoisotopic (exact) mass is 375 g/mol.